The van der Waals surface area contributed by atoms with Gasteiger partial charge in [0.2, 0.25) is 0 Å². The minimum Gasteiger partial charge on any atom is -0.480 e. The van der Waals surface area contributed by atoms with Gasteiger partial charge in [-0.05, 0) is 12.1 Å². The molecule has 1 N–H and O–H groups in total. The van der Waals surface area contributed by atoms with E-state index in [4.69, 9.17) is 14.3 Å². The van der Waals surface area contributed by atoms with Crippen LogP contribution in [0.5, 0.6) is 0 Å². The van der Waals surface area contributed by atoms with Gasteiger partial charge in [-0.3, -0.25) is 0 Å². The van der Waals surface area contributed by atoms with Crippen LogP contribution in [0.15, 0.2) is 16.5 Å². The van der Waals surface area contributed by atoms with Crippen molar-refractivity contribution in [3.8, 4) is 0 Å². The topological polar surface area (TPSA) is 59.7 Å². The highest BCUT2D eigenvalue weighted by atomic mass is 16.5. The number of ether oxygens (including phenoxy) is 1. The molecule has 13 heavy (non-hydrogen) atoms. The highest BCUT2D eigenvalue weighted by Gasteiger charge is 2.01. The molecule has 0 radical (unpaired) electrons. The van der Waals surface area contributed by atoms with Gasteiger partial charge in [0.05, 0.1) is 0 Å². The normalized spacial score (nSPS) is 10.2. The summed E-state index contributed by atoms with van der Waals surface area (Å²) in [6.07, 6.45) is 0.832. The van der Waals surface area contributed by atoms with E-state index in [1.807, 2.05) is 13.0 Å². The lowest BCUT2D eigenvalue weighted by molar-refractivity contribution is -0.142. The van der Waals surface area contributed by atoms with Crippen LogP contribution in [0.25, 0.3) is 0 Å². The van der Waals surface area contributed by atoms with E-state index in [9.17, 15) is 4.79 Å². The molecule has 0 fully saturated rings. The molecule has 1 aromatic heterocycles. The van der Waals surface area contributed by atoms with Crippen LogP contribution in [0, 0.1) is 0 Å². The van der Waals surface area contributed by atoms with Gasteiger partial charge in [-0.25, -0.2) is 4.79 Å². The van der Waals surface area contributed by atoms with Crippen molar-refractivity contribution in [1.29, 1.82) is 0 Å². The van der Waals surface area contributed by atoms with E-state index in [1.165, 1.54) is 0 Å². The maximum atomic E-state index is 10.1. The number of carbonyl (C=O) groups is 1. The van der Waals surface area contributed by atoms with Gasteiger partial charge >= 0.3 is 5.97 Å². The predicted octanol–water partition coefficient (Wildman–Crippen LogP) is 1.44. The van der Waals surface area contributed by atoms with Gasteiger partial charge in [0.1, 0.15) is 24.7 Å². The standard InChI is InChI=1S/C9H12O4/c1-2-7-3-4-8(13-7)5-12-6-9(10)11/h3-4H,2,5-6H2,1H3,(H,10,11). The Balaban J connectivity index is 2.32. The van der Waals surface area contributed by atoms with E-state index in [0.717, 1.165) is 12.2 Å². The molecule has 0 aliphatic heterocycles. The predicted molar refractivity (Wildman–Crippen MR) is 45.4 cm³/mol. The molecule has 1 aromatic rings. The van der Waals surface area contributed by atoms with Gasteiger partial charge in [0.25, 0.3) is 0 Å². The molecule has 0 aromatic carbocycles. The molecule has 0 bridgehead atoms. The summed E-state index contributed by atoms with van der Waals surface area (Å²) >= 11 is 0. The van der Waals surface area contributed by atoms with Gasteiger partial charge in [-0.2, -0.15) is 0 Å². The first-order chi connectivity index (χ1) is 6.22. The zero-order valence-electron chi connectivity index (χ0n) is 7.45. The molecular weight excluding hydrogens is 172 g/mol. The Kier molecular flexibility index (Phi) is 3.52. The Morgan fingerprint density at radius 3 is 2.77 bits per heavy atom. The average molecular weight is 184 g/mol. The van der Waals surface area contributed by atoms with Crippen LogP contribution in [0.3, 0.4) is 0 Å². The third kappa shape index (κ3) is 3.29. The van der Waals surface area contributed by atoms with Crippen molar-refractivity contribution in [2.24, 2.45) is 0 Å². The molecule has 0 spiro atoms. The number of furan rings is 1. The first-order valence-electron chi connectivity index (χ1n) is 4.09. The average Bonchev–Trinajstić information content (AvgIpc) is 2.52. The van der Waals surface area contributed by atoms with E-state index in [2.05, 4.69) is 0 Å². The first kappa shape index (κ1) is 9.80. The maximum absolute atomic E-state index is 10.1. The minimum absolute atomic E-state index is 0.215. The smallest absolute Gasteiger partial charge is 0.329 e. The SMILES string of the molecule is CCc1ccc(COCC(=O)O)o1. The molecule has 0 aliphatic carbocycles. The van der Waals surface area contributed by atoms with E-state index in [0.29, 0.717) is 5.76 Å². The maximum Gasteiger partial charge on any atom is 0.329 e. The lowest BCUT2D eigenvalue weighted by Crippen LogP contribution is -2.06. The number of carboxylic acids is 1. The van der Waals surface area contributed by atoms with Crippen LogP contribution in [0.1, 0.15) is 18.4 Å². The molecule has 0 unspecified atom stereocenters. The second-order valence-corrected chi connectivity index (χ2v) is 2.61. The van der Waals surface area contributed by atoms with E-state index >= 15 is 0 Å². The molecule has 0 saturated carbocycles. The van der Waals surface area contributed by atoms with Crippen LogP contribution >= 0.6 is 0 Å². The second kappa shape index (κ2) is 4.67. The number of hydrogen-bond acceptors (Lipinski definition) is 3. The van der Waals surface area contributed by atoms with Crippen LogP contribution in [-0.4, -0.2) is 17.7 Å². The van der Waals surface area contributed by atoms with E-state index in [-0.39, 0.29) is 13.2 Å². The summed E-state index contributed by atoms with van der Waals surface area (Å²) in [5.74, 6) is 0.578. The summed E-state index contributed by atoms with van der Waals surface area (Å²) in [6.45, 7) is 1.91. The molecule has 1 heterocycles. The lowest BCUT2D eigenvalue weighted by atomic mass is 10.4. The van der Waals surface area contributed by atoms with E-state index < -0.39 is 5.97 Å². The highest BCUT2D eigenvalue weighted by molar-refractivity contribution is 5.67. The third-order valence-electron chi connectivity index (χ3n) is 1.54. The molecule has 72 valence electrons. The molecule has 4 heteroatoms. The van der Waals surface area contributed by atoms with Gasteiger partial charge in [-0.1, -0.05) is 6.92 Å². The fourth-order valence-corrected chi connectivity index (χ4v) is 0.929. The summed E-state index contributed by atoms with van der Waals surface area (Å²) in [7, 11) is 0. The van der Waals surface area contributed by atoms with Crippen molar-refractivity contribution < 1.29 is 19.1 Å². The molecule has 4 nitrogen and oxygen atoms in total. The Labute approximate surface area is 76.1 Å². The van der Waals surface area contributed by atoms with Crippen molar-refractivity contribution in [3.63, 3.8) is 0 Å². The first-order valence-corrected chi connectivity index (χ1v) is 4.09. The largest absolute Gasteiger partial charge is 0.480 e. The van der Waals surface area contributed by atoms with Crippen molar-refractivity contribution in [3.05, 3.63) is 23.7 Å². The highest BCUT2D eigenvalue weighted by Crippen LogP contribution is 2.09. The third-order valence-corrected chi connectivity index (χ3v) is 1.54. The number of carboxylic acid groups (broad SMARTS) is 1. The van der Waals surface area contributed by atoms with Crippen molar-refractivity contribution in [2.75, 3.05) is 6.61 Å². The number of aliphatic carboxylic acids is 1. The fourth-order valence-electron chi connectivity index (χ4n) is 0.929. The summed E-state index contributed by atoms with van der Waals surface area (Å²) < 4.78 is 10.1. The summed E-state index contributed by atoms with van der Waals surface area (Å²) in [5.41, 5.74) is 0. The summed E-state index contributed by atoms with van der Waals surface area (Å²) in [4.78, 5) is 10.1. The second-order valence-electron chi connectivity index (χ2n) is 2.61. The molecule has 1 rings (SSSR count). The van der Waals surface area contributed by atoms with Gasteiger partial charge in [-0.15, -0.1) is 0 Å². The summed E-state index contributed by atoms with van der Waals surface area (Å²) in [5, 5.41) is 8.29. The number of aryl methyl sites for hydroxylation is 1. The van der Waals surface area contributed by atoms with Gasteiger partial charge in [0.15, 0.2) is 0 Å². The molecular formula is C9H12O4. The zero-order valence-corrected chi connectivity index (χ0v) is 7.45. The zero-order chi connectivity index (χ0) is 9.68. The number of hydrogen-bond donors (Lipinski definition) is 1. The Bertz CT molecular complexity index is 277. The van der Waals surface area contributed by atoms with Crippen molar-refractivity contribution >= 4 is 5.97 Å². The molecule has 0 saturated heterocycles. The quantitative estimate of drug-likeness (QED) is 0.752. The van der Waals surface area contributed by atoms with E-state index in [1.54, 1.807) is 6.07 Å². The van der Waals surface area contributed by atoms with Crippen molar-refractivity contribution in [1.82, 2.24) is 0 Å². The Morgan fingerprint density at radius 2 is 2.23 bits per heavy atom. The molecule has 0 amide bonds. The van der Waals surface area contributed by atoms with Gasteiger partial charge < -0.3 is 14.3 Å². The van der Waals surface area contributed by atoms with Crippen LogP contribution in [0.2, 0.25) is 0 Å². The molecule has 0 aliphatic rings. The minimum atomic E-state index is -0.970. The van der Waals surface area contributed by atoms with Gasteiger partial charge in [0, 0.05) is 6.42 Å². The Hall–Kier alpha value is -1.29. The van der Waals surface area contributed by atoms with Crippen LogP contribution in [-0.2, 0) is 22.6 Å². The van der Waals surface area contributed by atoms with Crippen molar-refractivity contribution in [2.45, 2.75) is 20.0 Å². The Morgan fingerprint density at radius 1 is 1.54 bits per heavy atom. The van der Waals surface area contributed by atoms with Crippen LogP contribution < -0.4 is 0 Å². The lowest BCUT2D eigenvalue weighted by Gasteiger charge is -1.96. The molecule has 0 atom stereocenters. The fraction of sp³-hybridized carbons (Fsp3) is 0.444. The number of rotatable bonds is 5. The summed E-state index contributed by atoms with van der Waals surface area (Å²) in [6, 6.07) is 3.65. The van der Waals surface area contributed by atoms with Crippen LogP contribution in [0.4, 0.5) is 0 Å². The monoisotopic (exact) mass is 184 g/mol.